The fraction of sp³-hybridized carbons (Fsp3) is 1.00. The van der Waals surface area contributed by atoms with Gasteiger partial charge in [-0.25, -0.2) is 0 Å². The van der Waals surface area contributed by atoms with Crippen molar-refractivity contribution < 1.29 is 14.2 Å². The predicted octanol–water partition coefficient (Wildman–Crippen LogP) is 4.05. The summed E-state index contributed by atoms with van der Waals surface area (Å²) in [5.74, 6) is 0.839. The van der Waals surface area contributed by atoms with Crippen LogP contribution in [0.4, 0.5) is 0 Å². The fourth-order valence-corrected chi connectivity index (χ4v) is 2.13. The standard InChI is InChI=1S/C16H34O3/c1-4-6-7-8-9-16(5-2)10-11-18-14-15-19-13-12-17-3/h16H,4-15H2,1-3H3. The van der Waals surface area contributed by atoms with Crippen LogP contribution >= 0.6 is 0 Å². The highest BCUT2D eigenvalue weighted by atomic mass is 16.5. The van der Waals surface area contributed by atoms with Crippen molar-refractivity contribution in [2.75, 3.05) is 40.1 Å². The molecule has 0 saturated carbocycles. The Morgan fingerprint density at radius 3 is 2.05 bits per heavy atom. The maximum Gasteiger partial charge on any atom is 0.0701 e. The molecule has 116 valence electrons. The average Bonchev–Trinajstić information content (AvgIpc) is 2.44. The highest BCUT2D eigenvalue weighted by molar-refractivity contribution is 4.57. The molecule has 0 aliphatic carbocycles. The zero-order valence-electron chi connectivity index (χ0n) is 13.3. The minimum Gasteiger partial charge on any atom is -0.382 e. The Hall–Kier alpha value is -0.120. The Bertz CT molecular complexity index is 162. The van der Waals surface area contributed by atoms with E-state index in [1.165, 1.54) is 44.9 Å². The molecule has 0 amide bonds. The van der Waals surface area contributed by atoms with Crippen LogP contribution in [-0.2, 0) is 14.2 Å². The van der Waals surface area contributed by atoms with Gasteiger partial charge in [-0.2, -0.15) is 0 Å². The first-order valence-corrected chi connectivity index (χ1v) is 7.99. The lowest BCUT2D eigenvalue weighted by Gasteiger charge is -2.14. The first-order valence-electron chi connectivity index (χ1n) is 7.99. The lowest BCUT2D eigenvalue weighted by atomic mass is 9.95. The summed E-state index contributed by atoms with van der Waals surface area (Å²) in [6.07, 6.45) is 9.31. The van der Waals surface area contributed by atoms with E-state index in [0.29, 0.717) is 26.4 Å². The van der Waals surface area contributed by atoms with Crippen molar-refractivity contribution in [3.8, 4) is 0 Å². The summed E-state index contributed by atoms with van der Waals surface area (Å²) in [6, 6.07) is 0. The van der Waals surface area contributed by atoms with Gasteiger partial charge in [0.15, 0.2) is 0 Å². The fourth-order valence-electron chi connectivity index (χ4n) is 2.13. The largest absolute Gasteiger partial charge is 0.382 e. The third-order valence-corrected chi connectivity index (χ3v) is 3.52. The topological polar surface area (TPSA) is 27.7 Å². The molecule has 3 nitrogen and oxygen atoms in total. The van der Waals surface area contributed by atoms with Gasteiger partial charge in [-0.3, -0.25) is 0 Å². The van der Waals surface area contributed by atoms with Crippen LogP contribution in [-0.4, -0.2) is 40.1 Å². The molecule has 0 fully saturated rings. The molecule has 0 saturated heterocycles. The second-order valence-electron chi connectivity index (χ2n) is 5.13. The Morgan fingerprint density at radius 2 is 1.42 bits per heavy atom. The molecule has 0 bridgehead atoms. The monoisotopic (exact) mass is 274 g/mol. The van der Waals surface area contributed by atoms with Crippen molar-refractivity contribution in [1.29, 1.82) is 0 Å². The molecule has 19 heavy (non-hydrogen) atoms. The van der Waals surface area contributed by atoms with Crippen molar-refractivity contribution in [1.82, 2.24) is 0 Å². The molecule has 0 rings (SSSR count). The molecule has 0 radical (unpaired) electrons. The maximum atomic E-state index is 5.61. The Labute approximate surface area is 120 Å². The average molecular weight is 274 g/mol. The van der Waals surface area contributed by atoms with E-state index in [1.807, 2.05) is 0 Å². The van der Waals surface area contributed by atoms with Gasteiger partial charge in [-0.05, 0) is 12.3 Å². The van der Waals surface area contributed by atoms with Crippen molar-refractivity contribution in [3.05, 3.63) is 0 Å². The molecule has 0 aliphatic rings. The van der Waals surface area contributed by atoms with E-state index in [9.17, 15) is 0 Å². The van der Waals surface area contributed by atoms with Crippen LogP contribution < -0.4 is 0 Å². The van der Waals surface area contributed by atoms with Gasteiger partial charge in [0, 0.05) is 13.7 Å². The van der Waals surface area contributed by atoms with E-state index in [1.54, 1.807) is 7.11 Å². The summed E-state index contributed by atoms with van der Waals surface area (Å²) >= 11 is 0. The number of rotatable bonds is 15. The van der Waals surface area contributed by atoms with Gasteiger partial charge in [0.1, 0.15) is 0 Å². The number of unbranched alkanes of at least 4 members (excludes halogenated alkanes) is 3. The molecule has 0 spiro atoms. The van der Waals surface area contributed by atoms with E-state index >= 15 is 0 Å². The molecular weight excluding hydrogens is 240 g/mol. The van der Waals surface area contributed by atoms with Crippen molar-refractivity contribution in [2.45, 2.75) is 58.8 Å². The molecule has 0 N–H and O–H groups in total. The number of hydrogen-bond donors (Lipinski definition) is 0. The first kappa shape index (κ1) is 18.9. The number of hydrogen-bond acceptors (Lipinski definition) is 3. The van der Waals surface area contributed by atoms with E-state index in [2.05, 4.69) is 13.8 Å². The van der Waals surface area contributed by atoms with Crippen LogP contribution in [0.1, 0.15) is 58.8 Å². The lowest BCUT2D eigenvalue weighted by Crippen LogP contribution is -2.10. The quantitative estimate of drug-likeness (QED) is 0.422. The maximum absolute atomic E-state index is 5.61. The predicted molar refractivity (Wildman–Crippen MR) is 80.7 cm³/mol. The highest BCUT2D eigenvalue weighted by Gasteiger charge is 2.05. The van der Waals surface area contributed by atoms with Gasteiger partial charge in [-0.1, -0.05) is 52.4 Å². The summed E-state index contributed by atoms with van der Waals surface area (Å²) in [4.78, 5) is 0. The highest BCUT2D eigenvalue weighted by Crippen LogP contribution is 2.17. The first-order chi connectivity index (χ1) is 9.35. The molecule has 1 unspecified atom stereocenters. The molecule has 3 heteroatoms. The third-order valence-electron chi connectivity index (χ3n) is 3.52. The van der Waals surface area contributed by atoms with Crippen LogP contribution in [0.15, 0.2) is 0 Å². The molecular formula is C16H34O3. The minimum atomic E-state index is 0.662. The van der Waals surface area contributed by atoms with E-state index in [4.69, 9.17) is 14.2 Å². The van der Waals surface area contributed by atoms with Crippen molar-refractivity contribution >= 4 is 0 Å². The van der Waals surface area contributed by atoms with Crippen LogP contribution in [0.2, 0.25) is 0 Å². The Balaban J connectivity index is 3.26. The van der Waals surface area contributed by atoms with Gasteiger partial charge >= 0.3 is 0 Å². The molecule has 1 atom stereocenters. The second kappa shape index (κ2) is 15.9. The molecule has 0 aliphatic heterocycles. The van der Waals surface area contributed by atoms with Crippen molar-refractivity contribution in [2.24, 2.45) is 5.92 Å². The van der Waals surface area contributed by atoms with Gasteiger partial charge in [0.2, 0.25) is 0 Å². The third kappa shape index (κ3) is 14.1. The van der Waals surface area contributed by atoms with E-state index in [0.717, 1.165) is 12.5 Å². The SMILES string of the molecule is CCCCCCC(CC)CCOCCOCCOC. The van der Waals surface area contributed by atoms with Crippen LogP contribution in [0.3, 0.4) is 0 Å². The zero-order valence-corrected chi connectivity index (χ0v) is 13.3. The minimum absolute atomic E-state index is 0.662. The van der Waals surface area contributed by atoms with Gasteiger partial charge in [0.25, 0.3) is 0 Å². The van der Waals surface area contributed by atoms with Crippen LogP contribution in [0.5, 0.6) is 0 Å². The molecule has 0 aromatic heterocycles. The normalized spacial score (nSPS) is 12.8. The van der Waals surface area contributed by atoms with Gasteiger partial charge < -0.3 is 14.2 Å². The zero-order chi connectivity index (χ0) is 14.2. The second-order valence-corrected chi connectivity index (χ2v) is 5.13. The van der Waals surface area contributed by atoms with Gasteiger partial charge in [-0.15, -0.1) is 0 Å². The summed E-state index contributed by atoms with van der Waals surface area (Å²) in [5.41, 5.74) is 0. The molecule has 0 aromatic carbocycles. The lowest BCUT2D eigenvalue weighted by molar-refractivity contribution is 0.0215. The van der Waals surface area contributed by atoms with Gasteiger partial charge in [0.05, 0.1) is 26.4 Å². The summed E-state index contributed by atoms with van der Waals surface area (Å²) in [5, 5.41) is 0. The smallest absolute Gasteiger partial charge is 0.0701 e. The van der Waals surface area contributed by atoms with Crippen molar-refractivity contribution in [3.63, 3.8) is 0 Å². The summed E-state index contributed by atoms with van der Waals surface area (Å²) in [7, 11) is 1.69. The van der Waals surface area contributed by atoms with Crippen LogP contribution in [0, 0.1) is 5.92 Å². The molecule has 0 heterocycles. The number of ether oxygens (including phenoxy) is 3. The van der Waals surface area contributed by atoms with Crippen LogP contribution in [0.25, 0.3) is 0 Å². The number of methoxy groups -OCH3 is 1. The van der Waals surface area contributed by atoms with E-state index < -0.39 is 0 Å². The Morgan fingerprint density at radius 1 is 0.737 bits per heavy atom. The van der Waals surface area contributed by atoms with E-state index in [-0.39, 0.29) is 0 Å². The Kier molecular flexibility index (Phi) is 15.8. The summed E-state index contributed by atoms with van der Waals surface area (Å²) in [6.45, 7) is 8.13. The summed E-state index contributed by atoms with van der Waals surface area (Å²) < 4.78 is 15.9. The molecule has 0 aromatic rings.